The number of piperidine rings is 1. The molecule has 0 aromatic rings. The number of hydrogen-bond acceptors (Lipinski definition) is 3. The van der Waals surface area contributed by atoms with Gasteiger partial charge in [0, 0.05) is 5.54 Å². The molecule has 0 saturated carbocycles. The van der Waals surface area contributed by atoms with E-state index in [2.05, 4.69) is 31.0 Å². The minimum Gasteiger partial charge on any atom is -0.394 e. The molecule has 1 saturated heterocycles. The Hall–Kier alpha value is -0.120. The van der Waals surface area contributed by atoms with Crippen molar-refractivity contribution in [2.24, 2.45) is 5.92 Å². The zero-order valence-electron chi connectivity index (χ0n) is 13.2. The van der Waals surface area contributed by atoms with Crippen molar-refractivity contribution in [1.29, 1.82) is 0 Å². The van der Waals surface area contributed by atoms with Crippen LogP contribution in [0.25, 0.3) is 0 Å². The molecule has 1 aliphatic heterocycles. The molecular formula is C16H34N2O. The standard InChI is InChI=1S/C16H34N2O/c1-4-10-17-16(3,14-19)9-5-6-11-18-12-7-15(2)8-13-18/h15,17,19H,4-14H2,1-3H3. The first-order valence-electron chi connectivity index (χ1n) is 8.18. The second kappa shape index (κ2) is 8.93. The first-order valence-corrected chi connectivity index (χ1v) is 8.18. The molecule has 0 aromatic carbocycles. The summed E-state index contributed by atoms with van der Waals surface area (Å²) in [4.78, 5) is 2.61. The minimum atomic E-state index is -0.0770. The Balaban J connectivity index is 2.11. The maximum Gasteiger partial charge on any atom is 0.0610 e. The Bertz CT molecular complexity index is 227. The van der Waals surface area contributed by atoms with Crippen molar-refractivity contribution >= 4 is 0 Å². The van der Waals surface area contributed by atoms with Crippen molar-refractivity contribution in [3.05, 3.63) is 0 Å². The first-order chi connectivity index (χ1) is 9.09. The second-order valence-electron chi connectivity index (χ2n) is 6.63. The van der Waals surface area contributed by atoms with E-state index in [1.165, 1.54) is 45.3 Å². The molecule has 0 spiro atoms. The van der Waals surface area contributed by atoms with Gasteiger partial charge in [-0.15, -0.1) is 0 Å². The van der Waals surface area contributed by atoms with Crippen molar-refractivity contribution < 1.29 is 5.11 Å². The van der Waals surface area contributed by atoms with Crippen LogP contribution in [0.3, 0.4) is 0 Å². The SMILES string of the molecule is CCCNC(C)(CO)CCCCN1CCC(C)CC1. The van der Waals surface area contributed by atoms with Gasteiger partial charge in [-0.25, -0.2) is 0 Å². The Morgan fingerprint density at radius 3 is 2.53 bits per heavy atom. The van der Waals surface area contributed by atoms with E-state index in [0.717, 1.165) is 25.3 Å². The number of aliphatic hydroxyl groups is 1. The van der Waals surface area contributed by atoms with E-state index >= 15 is 0 Å². The highest BCUT2D eigenvalue weighted by atomic mass is 16.3. The molecule has 1 rings (SSSR count). The van der Waals surface area contributed by atoms with Gasteiger partial charge in [-0.2, -0.15) is 0 Å². The van der Waals surface area contributed by atoms with Crippen molar-refractivity contribution in [1.82, 2.24) is 10.2 Å². The molecule has 3 heteroatoms. The normalized spacial score (nSPS) is 21.5. The van der Waals surface area contributed by atoms with Crippen LogP contribution in [0.1, 0.15) is 59.3 Å². The fraction of sp³-hybridized carbons (Fsp3) is 1.00. The van der Waals surface area contributed by atoms with Gasteiger partial charge in [0.2, 0.25) is 0 Å². The topological polar surface area (TPSA) is 35.5 Å². The summed E-state index contributed by atoms with van der Waals surface area (Å²) < 4.78 is 0. The minimum absolute atomic E-state index is 0.0770. The van der Waals surface area contributed by atoms with Crippen molar-refractivity contribution in [3.63, 3.8) is 0 Å². The second-order valence-corrected chi connectivity index (χ2v) is 6.63. The number of nitrogens with one attached hydrogen (secondary N) is 1. The van der Waals surface area contributed by atoms with Gasteiger partial charge < -0.3 is 15.3 Å². The highest BCUT2D eigenvalue weighted by Crippen LogP contribution is 2.18. The molecule has 1 aliphatic rings. The summed E-state index contributed by atoms with van der Waals surface area (Å²) in [5.74, 6) is 0.923. The van der Waals surface area contributed by atoms with E-state index in [4.69, 9.17) is 0 Å². The van der Waals surface area contributed by atoms with Gasteiger partial charge in [0.25, 0.3) is 0 Å². The van der Waals surface area contributed by atoms with Crippen LogP contribution in [0.15, 0.2) is 0 Å². The van der Waals surface area contributed by atoms with Crippen LogP contribution in [0.4, 0.5) is 0 Å². The summed E-state index contributed by atoms with van der Waals surface area (Å²) in [5, 5.41) is 13.0. The van der Waals surface area contributed by atoms with E-state index in [1.807, 2.05) is 0 Å². The third kappa shape index (κ3) is 6.73. The van der Waals surface area contributed by atoms with Crippen LogP contribution >= 0.6 is 0 Å². The Morgan fingerprint density at radius 1 is 1.26 bits per heavy atom. The lowest BCUT2D eigenvalue weighted by Gasteiger charge is -2.31. The van der Waals surface area contributed by atoms with Crippen molar-refractivity contribution in [2.75, 3.05) is 32.8 Å². The first kappa shape index (κ1) is 16.9. The zero-order valence-corrected chi connectivity index (χ0v) is 13.2. The monoisotopic (exact) mass is 270 g/mol. The van der Waals surface area contributed by atoms with Gasteiger partial charge >= 0.3 is 0 Å². The molecule has 1 heterocycles. The third-order valence-electron chi connectivity index (χ3n) is 4.48. The highest BCUT2D eigenvalue weighted by molar-refractivity contribution is 4.82. The summed E-state index contributed by atoms with van der Waals surface area (Å²) in [7, 11) is 0. The van der Waals surface area contributed by atoms with Crippen LogP contribution in [-0.4, -0.2) is 48.3 Å². The Morgan fingerprint density at radius 2 is 1.95 bits per heavy atom. The van der Waals surface area contributed by atoms with Gasteiger partial charge in [0.1, 0.15) is 0 Å². The zero-order chi connectivity index (χ0) is 14.1. The molecule has 1 fully saturated rings. The number of nitrogens with zero attached hydrogens (tertiary/aromatic N) is 1. The van der Waals surface area contributed by atoms with Crippen molar-refractivity contribution in [2.45, 2.75) is 64.8 Å². The lowest BCUT2D eigenvalue weighted by molar-refractivity contribution is 0.156. The average Bonchev–Trinajstić information content (AvgIpc) is 2.43. The fourth-order valence-corrected chi connectivity index (χ4v) is 2.79. The summed E-state index contributed by atoms with van der Waals surface area (Å²) in [6.45, 7) is 11.7. The molecule has 1 unspecified atom stereocenters. The molecule has 0 aliphatic carbocycles. The van der Waals surface area contributed by atoms with Crippen molar-refractivity contribution in [3.8, 4) is 0 Å². The lowest BCUT2D eigenvalue weighted by Crippen LogP contribution is -2.46. The molecule has 0 aromatic heterocycles. The molecule has 19 heavy (non-hydrogen) atoms. The van der Waals surface area contributed by atoms with Crippen LogP contribution in [-0.2, 0) is 0 Å². The van der Waals surface area contributed by atoms with Crippen LogP contribution in [0, 0.1) is 5.92 Å². The summed E-state index contributed by atoms with van der Waals surface area (Å²) >= 11 is 0. The molecule has 0 bridgehead atoms. The van der Waals surface area contributed by atoms with Crippen LogP contribution in [0.2, 0.25) is 0 Å². The predicted octanol–water partition coefficient (Wildman–Crippen LogP) is 2.64. The third-order valence-corrected chi connectivity index (χ3v) is 4.48. The number of unbranched alkanes of at least 4 members (excludes halogenated alkanes) is 1. The molecule has 1 atom stereocenters. The molecule has 114 valence electrons. The molecule has 0 radical (unpaired) electrons. The van der Waals surface area contributed by atoms with Crippen LogP contribution < -0.4 is 5.32 Å². The number of likely N-dealkylation sites (tertiary alicyclic amines) is 1. The Kier molecular flexibility index (Phi) is 7.96. The average molecular weight is 270 g/mol. The van der Waals surface area contributed by atoms with E-state index < -0.39 is 0 Å². The summed E-state index contributed by atoms with van der Waals surface area (Å²) in [5.41, 5.74) is -0.0770. The number of hydrogen-bond donors (Lipinski definition) is 2. The summed E-state index contributed by atoms with van der Waals surface area (Å²) in [6.07, 6.45) is 7.41. The smallest absolute Gasteiger partial charge is 0.0610 e. The largest absolute Gasteiger partial charge is 0.394 e. The van der Waals surface area contributed by atoms with Crippen LogP contribution in [0.5, 0.6) is 0 Å². The summed E-state index contributed by atoms with van der Waals surface area (Å²) in [6, 6.07) is 0. The molecule has 2 N–H and O–H groups in total. The maximum atomic E-state index is 9.52. The lowest BCUT2D eigenvalue weighted by atomic mass is 9.95. The fourth-order valence-electron chi connectivity index (χ4n) is 2.79. The van der Waals surface area contributed by atoms with Gasteiger partial charge in [0.15, 0.2) is 0 Å². The van der Waals surface area contributed by atoms with Gasteiger partial charge in [-0.1, -0.05) is 20.3 Å². The quantitative estimate of drug-likeness (QED) is 0.632. The molecule has 3 nitrogen and oxygen atoms in total. The number of rotatable bonds is 9. The van der Waals surface area contributed by atoms with Gasteiger partial charge in [0.05, 0.1) is 6.61 Å². The molecule has 0 amide bonds. The Labute approximate surface area is 119 Å². The highest BCUT2D eigenvalue weighted by Gasteiger charge is 2.21. The predicted molar refractivity (Wildman–Crippen MR) is 82.5 cm³/mol. The van der Waals surface area contributed by atoms with E-state index in [0.29, 0.717) is 0 Å². The van der Waals surface area contributed by atoms with Gasteiger partial charge in [-0.05, 0) is 71.1 Å². The van der Waals surface area contributed by atoms with Gasteiger partial charge in [-0.3, -0.25) is 0 Å². The maximum absolute atomic E-state index is 9.52. The molecular weight excluding hydrogens is 236 g/mol. The van der Waals surface area contributed by atoms with E-state index in [1.54, 1.807) is 0 Å². The number of aliphatic hydroxyl groups excluding tert-OH is 1. The van der Waals surface area contributed by atoms with E-state index in [9.17, 15) is 5.11 Å². The van der Waals surface area contributed by atoms with E-state index in [-0.39, 0.29) is 12.1 Å².